The molecule has 1 aliphatic rings. The fourth-order valence-corrected chi connectivity index (χ4v) is 3.01. The Morgan fingerprint density at radius 1 is 1.25 bits per heavy atom. The third-order valence-electron chi connectivity index (χ3n) is 4.09. The number of hydrogen-bond donors (Lipinski definition) is 2. The van der Waals surface area contributed by atoms with E-state index in [4.69, 9.17) is 25.8 Å². The van der Waals surface area contributed by atoms with E-state index in [1.54, 1.807) is 7.11 Å². The van der Waals surface area contributed by atoms with Crippen LogP contribution in [0, 0.1) is 0 Å². The van der Waals surface area contributed by atoms with Crippen molar-refractivity contribution in [2.24, 2.45) is 4.99 Å². The highest BCUT2D eigenvalue weighted by atomic mass is 127. The molecule has 0 bridgehead atoms. The van der Waals surface area contributed by atoms with Crippen LogP contribution in [0.1, 0.15) is 18.9 Å². The summed E-state index contributed by atoms with van der Waals surface area (Å²) in [6.45, 7) is 7.98. The number of likely N-dealkylation sites (N-methyl/N-ethyl adjacent to an activating group) is 1. The fraction of sp³-hybridized carbons (Fsp3) is 0.632. The molecule has 0 aliphatic carbocycles. The molecular weight excluding hydrogens is 495 g/mol. The number of nitrogens with zero attached hydrogens (tertiary/aromatic N) is 2. The molecular formula is C19H32ClIN4O3. The van der Waals surface area contributed by atoms with E-state index in [0.29, 0.717) is 36.3 Å². The molecule has 0 atom stereocenters. The summed E-state index contributed by atoms with van der Waals surface area (Å²) in [4.78, 5) is 6.92. The number of halogens is 2. The van der Waals surface area contributed by atoms with Crippen molar-refractivity contribution in [1.82, 2.24) is 15.5 Å². The van der Waals surface area contributed by atoms with Gasteiger partial charge in [0.05, 0.1) is 11.6 Å². The highest BCUT2D eigenvalue weighted by Crippen LogP contribution is 2.38. The van der Waals surface area contributed by atoms with Gasteiger partial charge in [0.15, 0.2) is 17.5 Å². The molecule has 1 aromatic carbocycles. The highest BCUT2D eigenvalue weighted by Gasteiger charge is 2.16. The lowest BCUT2D eigenvalue weighted by molar-refractivity contribution is 0.171. The van der Waals surface area contributed by atoms with E-state index in [9.17, 15) is 0 Å². The quantitative estimate of drug-likeness (QED) is 0.212. The van der Waals surface area contributed by atoms with Gasteiger partial charge in [-0.3, -0.25) is 0 Å². The Kier molecular flexibility index (Phi) is 12.6. The largest absolute Gasteiger partial charge is 0.486 e. The molecule has 0 radical (unpaired) electrons. The Balaban J connectivity index is 0.00000392. The summed E-state index contributed by atoms with van der Waals surface area (Å²) in [6.07, 6.45) is 1.03. The second kappa shape index (κ2) is 14.1. The average Bonchev–Trinajstić information content (AvgIpc) is 2.66. The van der Waals surface area contributed by atoms with Gasteiger partial charge in [0, 0.05) is 39.9 Å². The molecule has 160 valence electrons. The van der Waals surface area contributed by atoms with Gasteiger partial charge >= 0.3 is 0 Å². The minimum absolute atomic E-state index is 0. The predicted octanol–water partition coefficient (Wildman–Crippen LogP) is 2.75. The first kappa shape index (κ1) is 25.1. The maximum absolute atomic E-state index is 6.30. The van der Waals surface area contributed by atoms with E-state index in [-0.39, 0.29) is 24.0 Å². The molecule has 1 aromatic rings. The maximum atomic E-state index is 6.30. The standard InChI is InChI=1S/C19H31ClN4O3.HI/c1-4-21-19(22-6-8-24(2)7-5-9-25-3)23-14-15-12-16(20)18-17(13-15)26-10-11-27-18;/h12-13H,4-11,14H2,1-3H3,(H2,21,22,23);1H. The topological polar surface area (TPSA) is 67.4 Å². The van der Waals surface area contributed by atoms with Crippen LogP contribution in [0.2, 0.25) is 5.02 Å². The summed E-state index contributed by atoms with van der Waals surface area (Å²) in [5.74, 6) is 2.10. The molecule has 1 heterocycles. The van der Waals surface area contributed by atoms with Gasteiger partial charge in [-0.2, -0.15) is 0 Å². The molecule has 1 aliphatic heterocycles. The van der Waals surface area contributed by atoms with E-state index in [1.165, 1.54) is 0 Å². The van der Waals surface area contributed by atoms with E-state index in [0.717, 1.165) is 50.7 Å². The van der Waals surface area contributed by atoms with E-state index in [2.05, 4.69) is 34.5 Å². The predicted molar refractivity (Wildman–Crippen MR) is 125 cm³/mol. The molecule has 0 amide bonds. The van der Waals surface area contributed by atoms with Crippen LogP contribution < -0.4 is 20.1 Å². The van der Waals surface area contributed by atoms with Gasteiger partial charge in [0.2, 0.25) is 0 Å². The molecule has 0 spiro atoms. The third-order valence-corrected chi connectivity index (χ3v) is 4.38. The van der Waals surface area contributed by atoms with E-state index in [1.807, 2.05) is 12.1 Å². The van der Waals surface area contributed by atoms with Gasteiger partial charge in [-0.25, -0.2) is 4.99 Å². The number of ether oxygens (including phenoxy) is 3. The Morgan fingerprint density at radius 3 is 2.79 bits per heavy atom. The minimum atomic E-state index is 0. The van der Waals surface area contributed by atoms with Crippen molar-refractivity contribution in [3.05, 3.63) is 22.7 Å². The van der Waals surface area contributed by atoms with Crippen LogP contribution in [0.4, 0.5) is 0 Å². The Hall–Kier alpha value is -0.970. The summed E-state index contributed by atoms with van der Waals surface area (Å²) < 4.78 is 16.3. The lowest BCUT2D eigenvalue weighted by Crippen LogP contribution is -2.41. The van der Waals surface area contributed by atoms with Crippen molar-refractivity contribution in [2.75, 3.05) is 60.2 Å². The number of hydrogen-bond acceptors (Lipinski definition) is 5. The zero-order valence-corrected chi connectivity index (χ0v) is 20.0. The van der Waals surface area contributed by atoms with Crippen LogP contribution in [0.25, 0.3) is 0 Å². The lowest BCUT2D eigenvalue weighted by atomic mass is 10.2. The Labute approximate surface area is 190 Å². The first-order chi connectivity index (χ1) is 13.1. The van der Waals surface area contributed by atoms with Crippen LogP contribution in [-0.4, -0.2) is 71.0 Å². The minimum Gasteiger partial charge on any atom is -0.486 e. The average molecular weight is 527 g/mol. The van der Waals surface area contributed by atoms with Crippen LogP contribution >= 0.6 is 35.6 Å². The lowest BCUT2D eigenvalue weighted by Gasteiger charge is -2.20. The van der Waals surface area contributed by atoms with E-state index >= 15 is 0 Å². The van der Waals surface area contributed by atoms with Crippen molar-refractivity contribution in [3.8, 4) is 11.5 Å². The fourth-order valence-electron chi connectivity index (χ4n) is 2.72. The molecule has 0 fully saturated rings. The third kappa shape index (κ3) is 8.59. The van der Waals surface area contributed by atoms with Crippen LogP contribution in [0.5, 0.6) is 11.5 Å². The van der Waals surface area contributed by atoms with Crippen LogP contribution in [0.15, 0.2) is 17.1 Å². The number of guanidine groups is 1. The Bertz CT molecular complexity index is 619. The molecule has 7 nitrogen and oxygen atoms in total. The van der Waals surface area contributed by atoms with Crippen molar-refractivity contribution < 1.29 is 14.2 Å². The van der Waals surface area contributed by atoms with Crippen molar-refractivity contribution in [3.63, 3.8) is 0 Å². The summed E-state index contributed by atoms with van der Waals surface area (Å²) in [5, 5.41) is 7.20. The second-order valence-electron chi connectivity index (χ2n) is 6.37. The zero-order chi connectivity index (χ0) is 19.5. The summed E-state index contributed by atoms with van der Waals surface area (Å²) in [6, 6.07) is 3.82. The molecule has 0 saturated heterocycles. The molecule has 2 rings (SSSR count). The number of aliphatic imine (C=N–C) groups is 1. The summed E-state index contributed by atoms with van der Waals surface area (Å²) in [7, 11) is 3.84. The number of rotatable bonds is 10. The van der Waals surface area contributed by atoms with Crippen LogP contribution in [-0.2, 0) is 11.3 Å². The molecule has 0 saturated carbocycles. The van der Waals surface area contributed by atoms with Crippen molar-refractivity contribution in [1.29, 1.82) is 0 Å². The van der Waals surface area contributed by atoms with Gasteiger partial charge in [-0.15, -0.1) is 24.0 Å². The van der Waals surface area contributed by atoms with Crippen molar-refractivity contribution in [2.45, 2.75) is 19.9 Å². The molecule has 0 aromatic heterocycles. The van der Waals surface area contributed by atoms with Gasteiger partial charge < -0.3 is 29.7 Å². The first-order valence-electron chi connectivity index (χ1n) is 9.41. The molecule has 28 heavy (non-hydrogen) atoms. The maximum Gasteiger partial charge on any atom is 0.191 e. The summed E-state index contributed by atoms with van der Waals surface area (Å²) in [5.41, 5.74) is 0.984. The second-order valence-corrected chi connectivity index (χ2v) is 6.78. The number of nitrogens with one attached hydrogen (secondary N) is 2. The van der Waals surface area contributed by atoms with Gasteiger partial charge in [-0.1, -0.05) is 11.6 Å². The smallest absolute Gasteiger partial charge is 0.191 e. The first-order valence-corrected chi connectivity index (χ1v) is 9.79. The normalized spacial score (nSPS) is 13.2. The summed E-state index contributed by atoms with van der Waals surface area (Å²) >= 11 is 6.30. The monoisotopic (exact) mass is 526 g/mol. The van der Waals surface area contributed by atoms with E-state index < -0.39 is 0 Å². The SMILES string of the molecule is CCNC(=NCc1cc(Cl)c2c(c1)OCCO2)NCCN(C)CCCOC.I. The Morgan fingerprint density at radius 2 is 2.04 bits per heavy atom. The van der Waals surface area contributed by atoms with Gasteiger partial charge in [-0.05, 0) is 38.1 Å². The zero-order valence-electron chi connectivity index (χ0n) is 16.9. The molecule has 0 unspecified atom stereocenters. The molecule has 2 N–H and O–H groups in total. The number of fused-ring (bicyclic) bond motifs is 1. The van der Waals surface area contributed by atoms with Gasteiger partial charge in [0.25, 0.3) is 0 Å². The molecule has 9 heteroatoms. The number of benzene rings is 1. The van der Waals surface area contributed by atoms with Crippen molar-refractivity contribution >= 4 is 41.5 Å². The highest BCUT2D eigenvalue weighted by molar-refractivity contribution is 14.0. The van der Waals surface area contributed by atoms with Crippen LogP contribution in [0.3, 0.4) is 0 Å². The number of methoxy groups -OCH3 is 1. The van der Waals surface area contributed by atoms with Gasteiger partial charge in [0.1, 0.15) is 13.2 Å².